The summed E-state index contributed by atoms with van der Waals surface area (Å²) in [5, 5.41) is 3.69. The molecule has 0 aliphatic rings. The van der Waals surface area contributed by atoms with Crippen molar-refractivity contribution in [2.45, 2.75) is 6.92 Å². The predicted octanol–water partition coefficient (Wildman–Crippen LogP) is 4.53. The monoisotopic (exact) mass is 412 g/mol. The van der Waals surface area contributed by atoms with E-state index in [0.29, 0.717) is 11.3 Å². The van der Waals surface area contributed by atoms with Gasteiger partial charge in [-0.1, -0.05) is 18.2 Å². The van der Waals surface area contributed by atoms with Crippen molar-refractivity contribution in [1.82, 2.24) is 14.4 Å². The highest BCUT2D eigenvalue weighted by molar-refractivity contribution is 7.21. The standard InChI is InChI=1S/C23H16N4O2S/c1-14-6-11-20-24-12-17(23(29)27(20)13-14)21(28)25-16-9-7-15(8-10-16)22-26-18-4-2-3-5-19(18)30-22/h2-13H,1H3,(H,25,28). The Morgan fingerprint density at radius 3 is 2.63 bits per heavy atom. The lowest BCUT2D eigenvalue weighted by Crippen LogP contribution is -2.26. The lowest BCUT2D eigenvalue weighted by molar-refractivity contribution is 0.102. The summed E-state index contributed by atoms with van der Waals surface area (Å²) in [6, 6.07) is 19.0. The van der Waals surface area contributed by atoms with Gasteiger partial charge in [-0.15, -0.1) is 11.3 Å². The van der Waals surface area contributed by atoms with Gasteiger partial charge in [0, 0.05) is 23.6 Å². The second-order valence-corrected chi connectivity index (χ2v) is 7.96. The quantitative estimate of drug-likeness (QED) is 0.472. The molecular formula is C23H16N4O2S. The van der Waals surface area contributed by atoms with E-state index in [0.717, 1.165) is 26.4 Å². The topological polar surface area (TPSA) is 76.4 Å². The van der Waals surface area contributed by atoms with Crippen molar-refractivity contribution in [1.29, 1.82) is 0 Å². The van der Waals surface area contributed by atoms with Gasteiger partial charge in [0.1, 0.15) is 16.2 Å². The molecule has 30 heavy (non-hydrogen) atoms. The van der Waals surface area contributed by atoms with Crippen molar-refractivity contribution in [3.05, 3.63) is 94.5 Å². The number of fused-ring (bicyclic) bond motifs is 2. The van der Waals surface area contributed by atoms with Crippen LogP contribution in [-0.2, 0) is 0 Å². The summed E-state index contributed by atoms with van der Waals surface area (Å²) in [4.78, 5) is 34.2. The van der Waals surface area contributed by atoms with Crippen LogP contribution in [0.2, 0.25) is 0 Å². The molecular weight excluding hydrogens is 396 g/mol. The molecule has 0 bridgehead atoms. The molecule has 0 saturated heterocycles. The number of hydrogen-bond acceptors (Lipinski definition) is 5. The van der Waals surface area contributed by atoms with E-state index in [4.69, 9.17) is 0 Å². The minimum atomic E-state index is -0.490. The second-order valence-electron chi connectivity index (χ2n) is 6.93. The van der Waals surface area contributed by atoms with Gasteiger partial charge < -0.3 is 5.32 Å². The fourth-order valence-electron chi connectivity index (χ4n) is 3.23. The van der Waals surface area contributed by atoms with E-state index in [-0.39, 0.29) is 5.56 Å². The van der Waals surface area contributed by atoms with Gasteiger partial charge in [-0.25, -0.2) is 9.97 Å². The van der Waals surface area contributed by atoms with Gasteiger partial charge in [0.25, 0.3) is 11.5 Å². The van der Waals surface area contributed by atoms with Crippen molar-refractivity contribution in [2.24, 2.45) is 0 Å². The molecule has 3 heterocycles. The van der Waals surface area contributed by atoms with Crippen molar-refractivity contribution in [3.63, 3.8) is 0 Å². The second kappa shape index (κ2) is 7.20. The molecule has 3 aromatic heterocycles. The Labute approximate surface area is 175 Å². The number of thiazole rings is 1. The van der Waals surface area contributed by atoms with E-state index >= 15 is 0 Å². The number of amides is 1. The number of benzene rings is 2. The van der Waals surface area contributed by atoms with E-state index in [1.807, 2.05) is 49.4 Å². The van der Waals surface area contributed by atoms with Crippen LogP contribution in [0.15, 0.2) is 77.9 Å². The number of anilines is 1. The molecule has 2 aromatic carbocycles. The van der Waals surface area contributed by atoms with Crippen LogP contribution in [0.4, 0.5) is 5.69 Å². The number of carbonyl (C=O) groups excluding carboxylic acids is 1. The SMILES string of the molecule is Cc1ccc2ncc(C(=O)Nc3ccc(-c4nc5ccccc5s4)cc3)c(=O)n2c1. The van der Waals surface area contributed by atoms with E-state index in [9.17, 15) is 9.59 Å². The highest BCUT2D eigenvalue weighted by atomic mass is 32.1. The van der Waals surface area contributed by atoms with Crippen molar-refractivity contribution >= 4 is 38.8 Å². The molecule has 0 fully saturated rings. The number of hydrogen-bond donors (Lipinski definition) is 1. The molecule has 1 N–H and O–H groups in total. The maximum absolute atomic E-state index is 12.7. The summed E-state index contributed by atoms with van der Waals surface area (Å²) in [5.74, 6) is -0.490. The summed E-state index contributed by atoms with van der Waals surface area (Å²) in [6.07, 6.45) is 2.99. The molecule has 146 valence electrons. The molecule has 0 unspecified atom stereocenters. The lowest BCUT2D eigenvalue weighted by Gasteiger charge is -2.07. The summed E-state index contributed by atoms with van der Waals surface area (Å²) < 4.78 is 2.52. The van der Waals surface area contributed by atoms with Crippen LogP contribution in [-0.4, -0.2) is 20.3 Å². The zero-order chi connectivity index (χ0) is 20.7. The number of aryl methyl sites for hydroxylation is 1. The molecule has 7 heteroatoms. The first-order valence-corrected chi connectivity index (χ1v) is 10.2. The maximum atomic E-state index is 12.7. The fraction of sp³-hybridized carbons (Fsp3) is 0.0435. The van der Waals surface area contributed by atoms with Gasteiger partial charge in [0.05, 0.1) is 10.2 Å². The average molecular weight is 412 g/mol. The normalized spacial score (nSPS) is 11.1. The van der Waals surface area contributed by atoms with Gasteiger partial charge in [0.2, 0.25) is 0 Å². The van der Waals surface area contributed by atoms with Crippen LogP contribution in [0.3, 0.4) is 0 Å². The number of pyridine rings is 1. The Morgan fingerprint density at radius 2 is 1.83 bits per heavy atom. The van der Waals surface area contributed by atoms with Gasteiger partial charge in [-0.3, -0.25) is 14.0 Å². The Kier molecular flexibility index (Phi) is 4.37. The van der Waals surface area contributed by atoms with Crippen LogP contribution in [0.1, 0.15) is 15.9 Å². The Bertz CT molecular complexity index is 1440. The van der Waals surface area contributed by atoms with Crippen LogP contribution >= 0.6 is 11.3 Å². The van der Waals surface area contributed by atoms with Crippen molar-refractivity contribution in [3.8, 4) is 10.6 Å². The van der Waals surface area contributed by atoms with E-state index in [2.05, 4.69) is 15.3 Å². The smallest absolute Gasteiger partial charge is 0.270 e. The van der Waals surface area contributed by atoms with Crippen molar-refractivity contribution in [2.75, 3.05) is 5.32 Å². The van der Waals surface area contributed by atoms with Gasteiger partial charge in [-0.2, -0.15) is 0 Å². The molecule has 5 rings (SSSR count). The molecule has 1 amide bonds. The fourth-order valence-corrected chi connectivity index (χ4v) is 4.20. The van der Waals surface area contributed by atoms with Crippen LogP contribution in [0, 0.1) is 6.92 Å². The summed E-state index contributed by atoms with van der Waals surface area (Å²) >= 11 is 1.62. The summed E-state index contributed by atoms with van der Waals surface area (Å²) in [7, 11) is 0. The van der Waals surface area contributed by atoms with Crippen molar-refractivity contribution < 1.29 is 4.79 Å². The van der Waals surface area contributed by atoms with Crippen LogP contribution in [0.5, 0.6) is 0 Å². The molecule has 0 radical (unpaired) electrons. The Morgan fingerprint density at radius 1 is 1.03 bits per heavy atom. The minimum Gasteiger partial charge on any atom is -0.322 e. The molecule has 0 atom stereocenters. The number of nitrogens with one attached hydrogen (secondary N) is 1. The summed E-state index contributed by atoms with van der Waals surface area (Å²) in [6.45, 7) is 1.88. The molecule has 0 saturated carbocycles. The molecule has 6 nitrogen and oxygen atoms in total. The third-order valence-electron chi connectivity index (χ3n) is 4.78. The van der Waals surface area contributed by atoms with Gasteiger partial charge >= 0.3 is 0 Å². The number of rotatable bonds is 3. The highest BCUT2D eigenvalue weighted by Gasteiger charge is 2.14. The van der Waals surface area contributed by atoms with Gasteiger partial charge in [-0.05, 0) is 55.0 Å². The third-order valence-corrected chi connectivity index (χ3v) is 5.86. The first-order chi connectivity index (χ1) is 14.6. The predicted molar refractivity (Wildman–Crippen MR) is 119 cm³/mol. The van der Waals surface area contributed by atoms with E-state index in [1.54, 1.807) is 35.7 Å². The van der Waals surface area contributed by atoms with Gasteiger partial charge in [0.15, 0.2) is 0 Å². The number of carbonyl (C=O) groups is 1. The maximum Gasteiger partial charge on any atom is 0.270 e. The lowest BCUT2D eigenvalue weighted by atomic mass is 10.2. The zero-order valence-electron chi connectivity index (χ0n) is 16.0. The molecule has 0 aliphatic heterocycles. The van der Waals surface area contributed by atoms with E-state index < -0.39 is 11.5 Å². The number of para-hydroxylation sites is 1. The third kappa shape index (κ3) is 3.25. The average Bonchev–Trinajstić information content (AvgIpc) is 3.19. The zero-order valence-corrected chi connectivity index (χ0v) is 16.8. The molecule has 0 aliphatic carbocycles. The number of nitrogens with zero attached hydrogens (tertiary/aromatic N) is 3. The Balaban J connectivity index is 1.41. The first kappa shape index (κ1) is 18.2. The molecule has 5 aromatic rings. The highest BCUT2D eigenvalue weighted by Crippen LogP contribution is 2.30. The molecule has 0 spiro atoms. The van der Waals surface area contributed by atoms with Crippen LogP contribution < -0.4 is 10.9 Å². The van der Waals surface area contributed by atoms with E-state index in [1.165, 1.54) is 10.6 Å². The summed E-state index contributed by atoms with van der Waals surface area (Å²) in [5.41, 5.74) is 3.54. The Hall–Kier alpha value is -3.84. The van der Waals surface area contributed by atoms with Crippen LogP contribution in [0.25, 0.3) is 26.4 Å². The largest absolute Gasteiger partial charge is 0.322 e. The first-order valence-electron chi connectivity index (χ1n) is 9.34. The number of aromatic nitrogens is 3. The minimum absolute atomic E-state index is 0.00616.